The first-order valence-electron chi connectivity index (χ1n) is 17.0. The number of benzene rings is 2. The monoisotopic (exact) mass is 729 g/mol. The average molecular weight is 730 g/mol. The molecule has 2 aliphatic heterocycles. The van der Waals surface area contributed by atoms with E-state index in [0.29, 0.717) is 48.1 Å². The maximum Gasteiger partial charge on any atom is 0.323 e. The first-order valence-corrected chi connectivity index (χ1v) is 18.4. The van der Waals surface area contributed by atoms with Gasteiger partial charge in [0.15, 0.2) is 17.3 Å². The van der Waals surface area contributed by atoms with E-state index >= 15 is 0 Å². The number of urea groups is 1. The van der Waals surface area contributed by atoms with Gasteiger partial charge in [-0.15, -0.1) is 0 Å². The third-order valence-corrected chi connectivity index (χ3v) is 11.1. The number of aromatic nitrogens is 1. The summed E-state index contributed by atoms with van der Waals surface area (Å²) in [7, 11) is -2.48. The maximum absolute atomic E-state index is 14.4. The van der Waals surface area contributed by atoms with Gasteiger partial charge in [0.2, 0.25) is 16.8 Å². The van der Waals surface area contributed by atoms with Gasteiger partial charge in [-0.2, -0.15) is 4.31 Å². The lowest BCUT2D eigenvalue weighted by atomic mass is 10.0. The summed E-state index contributed by atoms with van der Waals surface area (Å²) in [5.74, 6) is 0.838. The molecule has 0 radical (unpaired) electrons. The van der Waals surface area contributed by atoms with Crippen LogP contribution in [0.2, 0.25) is 0 Å². The quantitative estimate of drug-likeness (QED) is 0.290. The van der Waals surface area contributed by atoms with Crippen molar-refractivity contribution in [2.45, 2.75) is 77.0 Å². The minimum Gasteiger partial charge on any atom is -0.490 e. The number of rotatable bonds is 8. The lowest BCUT2D eigenvalue weighted by Crippen LogP contribution is -2.48. The number of fused-ring (bicyclic) bond motifs is 2. The van der Waals surface area contributed by atoms with Gasteiger partial charge in [0.1, 0.15) is 16.3 Å². The van der Waals surface area contributed by atoms with E-state index < -0.39 is 34.1 Å². The van der Waals surface area contributed by atoms with Crippen LogP contribution in [0, 0.1) is 19.8 Å². The number of ether oxygens (including phenoxy) is 4. The number of aryl methyl sites for hydroxylation is 2. The van der Waals surface area contributed by atoms with E-state index in [9.17, 15) is 23.1 Å². The van der Waals surface area contributed by atoms with E-state index in [2.05, 4.69) is 15.8 Å². The predicted octanol–water partition coefficient (Wildman–Crippen LogP) is 4.78. The molecule has 3 heterocycles. The molecule has 278 valence electrons. The second kappa shape index (κ2) is 16.3. The molecule has 2 aromatic carbocycles. The van der Waals surface area contributed by atoms with Gasteiger partial charge in [-0.1, -0.05) is 12.1 Å². The molecule has 0 saturated carbocycles. The van der Waals surface area contributed by atoms with E-state index in [4.69, 9.17) is 23.5 Å². The number of likely N-dealkylation sites (N-methyl/N-ethyl adjacent to an activating group) is 1. The highest BCUT2D eigenvalue weighted by Gasteiger charge is 2.34. The molecule has 0 spiro atoms. The Morgan fingerprint density at radius 3 is 2.43 bits per heavy atom. The summed E-state index contributed by atoms with van der Waals surface area (Å²) in [6, 6.07) is 8.74. The molecule has 15 nitrogen and oxygen atoms in total. The number of aliphatic hydroxyl groups excluding tert-OH is 1. The van der Waals surface area contributed by atoms with Gasteiger partial charge in [-0.3, -0.25) is 4.79 Å². The summed E-state index contributed by atoms with van der Waals surface area (Å²) >= 11 is 0. The molecule has 4 atom stereocenters. The van der Waals surface area contributed by atoms with E-state index in [1.807, 2.05) is 13.8 Å². The Morgan fingerprint density at radius 1 is 1.06 bits per heavy atom. The molecule has 0 unspecified atom stereocenters. The Balaban J connectivity index is 1.40. The Hall–Kier alpha value is -4.38. The minimum absolute atomic E-state index is 0.00570. The largest absolute Gasteiger partial charge is 0.490 e. The lowest BCUT2D eigenvalue weighted by Gasteiger charge is -2.35. The molecule has 0 bridgehead atoms. The SMILES string of the molecule is Cc1noc(C)c1S(=O)(=O)N(C)C[C@H]1OCCCC[C@@H](C)Oc2ccc(NC(=O)Nc3ccc4c(c3)OCO4)cc2C(=O)N([C@H](C)CO)C[C@@H]1C. The fraction of sp³-hybridized carbons (Fsp3) is 0.514. The molecule has 0 fully saturated rings. The van der Waals surface area contributed by atoms with E-state index in [-0.39, 0.29) is 60.4 Å². The zero-order valence-electron chi connectivity index (χ0n) is 29.8. The summed E-state index contributed by atoms with van der Waals surface area (Å²) in [4.78, 5) is 29.0. The van der Waals surface area contributed by atoms with Crippen LogP contribution in [0.25, 0.3) is 0 Å². The van der Waals surface area contributed by atoms with Gasteiger partial charge in [-0.05, 0) is 77.3 Å². The van der Waals surface area contributed by atoms with Crippen molar-refractivity contribution in [2.75, 3.05) is 50.8 Å². The molecule has 51 heavy (non-hydrogen) atoms. The maximum atomic E-state index is 14.4. The van der Waals surface area contributed by atoms with Crippen molar-refractivity contribution in [1.29, 1.82) is 0 Å². The average Bonchev–Trinajstić information content (AvgIpc) is 3.70. The number of aliphatic hydroxyl groups is 1. The van der Waals surface area contributed by atoms with E-state index in [1.54, 1.807) is 57.2 Å². The molecule has 0 saturated heterocycles. The normalized spacial score (nSPS) is 20.7. The molecular formula is C35H47N5O10S. The lowest BCUT2D eigenvalue weighted by molar-refractivity contribution is -0.00835. The molecule has 5 rings (SSSR count). The van der Waals surface area contributed by atoms with Gasteiger partial charge in [0, 0.05) is 50.1 Å². The van der Waals surface area contributed by atoms with Crippen LogP contribution in [0.1, 0.15) is 61.8 Å². The Kier molecular flexibility index (Phi) is 12.1. The third kappa shape index (κ3) is 8.92. The Morgan fingerprint density at radius 2 is 1.75 bits per heavy atom. The van der Waals surface area contributed by atoms with Gasteiger partial charge in [0.25, 0.3) is 5.91 Å². The molecule has 3 N–H and O–H groups in total. The molecule has 3 aromatic rings. The number of hydrogen-bond acceptors (Lipinski definition) is 11. The highest BCUT2D eigenvalue weighted by molar-refractivity contribution is 7.89. The second-order valence-corrected chi connectivity index (χ2v) is 15.1. The Bertz CT molecular complexity index is 1800. The highest BCUT2D eigenvalue weighted by atomic mass is 32.2. The molecule has 1 aromatic heterocycles. The van der Waals surface area contributed by atoms with Crippen LogP contribution < -0.4 is 24.8 Å². The van der Waals surface area contributed by atoms with Gasteiger partial charge >= 0.3 is 6.03 Å². The van der Waals surface area contributed by atoms with Crippen LogP contribution in [-0.2, 0) is 14.8 Å². The van der Waals surface area contributed by atoms with Crippen LogP contribution in [0.3, 0.4) is 0 Å². The van der Waals surface area contributed by atoms with Crippen molar-refractivity contribution >= 4 is 33.3 Å². The van der Waals surface area contributed by atoms with Crippen molar-refractivity contribution in [1.82, 2.24) is 14.4 Å². The van der Waals surface area contributed by atoms with Gasteiger partial charge < -0.3 is 44.1 Å². The van der Waals surface area contributed by atoms with Crippen LogP contribution in [0.15, 0.2) is 45.8 Å². The summed E-state index contributed by atoms with van der Waals surface area (Å²) in [5.41, 5.74) is 1.29. The summed E-state index contributed by atoms with van der Waals surface area (Å²) < 4.78 is 56.9. The van der Waals surface area contributed by atoms with Crippen molar-refractivity contribution < 1.29 is 46.6 Å². The number of hydrogen-bond donors (Lipinski definition) is 3. The number of sulfonamides is 1. The first kappa shape index (κ1) is 37.9. The smallest absolute Gasteiger partial charge is 0.323 e. The number of carbonyl (C=O) groups is 2. The zero-order valence-corrected chi connectivity index (χ0v) is 30.6. The molecule has 2 aliphatic rings. The standard InChI is InChI=1S/C35H47N5O10S/c1-21-17-40(22(2)19-41)34(42)28-15-26(36-35(43)37-27-11-13-30-31(16-27)48-20-47-30)10-12-29(28)49-23(3)9-7-8-14-46-32(21)18-39(6)51(44,45)33-24(4)38-50-25(33)5/h10-13,15-16,21-23,32,41H,7-9,14,17-20H2,1-6H3,(H2,36,37,43)/t21-,22+,23+,32+/m0/s1. The van der Waals surface area contributed by atoms with Gasteiger partial charge in [0.05, 0.1) is 30.4 Å². The van der Waals surface area contributed by atoms with Crippen LogP contribution >= 0.6 is 0 Å². The molecule has 3 amide bonds. The molecular weight excluding hydrogens is 682 g/mol. The summed E-state index contributed by atoms with van der Waals surface area (Å²) in [6.45, 7) is 8.94. The zero-order chi connectivity index (χ0) is 36.9. The number of amides is 3. The fourth-order valence-electron chi connectivity index (χ4n) is 6.08. The second-order valence-electron chi connectivity index (χ2n) is 13.1. The molecule has 0 aliphatic carbocycles. The van der Waals surface area contributed by atoms with Crippen LogP contribution in [0.5, 0.6) is 17.2 Å². The van der Waals surface area contributed by atoms with Crippen molar-refractivity contribution in [3.05, 3.63) is 53.4 Å². The van der Waals surface area contributed by atoms with Crippen molar-refractivity contribution in [3.8, 4) is 17.2 Å². The van der Waals surface area contributed by atoms with Crippen LogP contribution in [0.4, 0.5) is 16.2 Å². The topological polar surface area (TPSA) is 182 Å². The third-order valence-electron chi connectivity index (χ3n) is 9.01. The number of carbonyl (C=O) groups excluding carboxylic acids is 2. The summed E-state index contributed by atoms with van der Waals surface area (Å²) in [5, 5.41) is 19.6. The number of nitrogens with zero attached hydrogens (tertiary/aromatic N) is 3. The van der Waals surface area contributed by atoms with Crippen molar-refractivity contribution in [3.63, 3.8) is 0 Å². The summed E-state index contributed by atoms with van der Waals surface area (Å²) in [6.07, 6.45) is 1.30. The van der Waals surface area contributed by atoms with E-state index in [1.165, 1.54) is 16.3 Å². The fourth-order valence-corrected chi connectivity index (χ4v) is 7.55. The van der Waals surface area contributed by atoms with Crippen LogP contribution in [-0.4, -0.2) is 98.2 Å². The highest BCUT2D eigenvalue weighted by Crippen LogP contribution is 2.34. The van der Waals surface area contributed by atoms with Gasteiger partial charge in [-0.25, -0.2) is 13.2 Å². The number of anilines is 2. The molecule has 16 heteroatoms. The Labute approximate surface area is 298 Å². The minimum atomic E-state index is -3.96. The van der Waals surface area contributed by atoms with Crippen molar-refractivity contribution in [2.24, 2.45) is 5.92 Å². The first-order chi connectivity index (χ1) is 24.3. The predicted molar refractivity (Wildman–Crippen MR) is 188 cm³/mol. The number of nitrogens with one attached hydrogen (secondary N) is 2. The van der Waals surface area contributed by atoms with E-state index in [0.717, 1.165) is 6.42 Å².